The van der Waals surface area contributed by atoms with Crippen LogP contribution in [0.4, 0.5) is 5.69 Å². The summed E-state index contributed by atoms with van der Waals surface area (Å²) in [6.45, 7) is 0. The summed E-state index contributed by atoms with van der Waals surface area (Å²) in [4.78, 5) is 0.108. The largest absolute Gasteiger partial charge is 0.497 e. The van der Waals surface area contributed by atoms with E-state index in [2.05, 4.69) is 4.72 Å². The minimum atomic E-state index is -3.77. The van der Waals surface area contributed by atoms with Crippen LogP contribution in [0.3, 0.4) is 0 Å². The standard InChI is InChI=1S/C16H19NO6S/c1-20-12-5-7-13(8-6-12)24(18,19)17-11-9-14(21-2)16(23-4)15(10-11)22-3/h5-10,17H,1-4H3. The summed E-state index contributed by atoms with van der Waals surface area (Å²) < 4.78 is 48.1. The minimum Gasteiger partial charge on any atom is -0.497 e. The number of methoxy groups -OCH3 is 4. The maximum atomic E-state index is 12.5. The first-order chi connectivity index (χ1) is 11.4. The van der Waals surface area contributed by atoms with E-state index in [1.807, 2.05) is 0 Å². The van der Waals surface area contributed by atoms with Gasteiger partial charge in [0, 0.05) is 12.1 Å². The number of nitrogens with one attached hydrogen (secondary N) is 1. The van der Waals surface area contributed by atoms with E-state index in [0.29, 0.717) is 28.7 Å². The van der Waals surface area contributed by atoms with Crippen molar-refractivity contribution < 1.29 is 27.4 Å². The van der Waals surface area contributed by atoms with Crippen molar-refractivity contribution in [3.63, 3.8) is 0 Å². The van der Waals surface area contributed by atoms with Gasteiger partial charge in [-0.15, -0.1) is 0 Å². The van der Waals surface area contributed by atoms with Crippen LogP contribution in [-0.2, 0) is 10.0 Å². The van der Waals surface area contributed by atoms with Crippen LogP contribution in [0.25, 0.3) is 0 Å². The zero-order valence-electron chi connectivity index (χ0n) is 13.8. The molecule has 7 nitrogen and oxygen atoms in total. The minimum absolute atomic E-state index is 0.108. The highest BCUT2D eigenvalue weighted by Gasteiger charge is 2.18. The van der Waals surface area contributed by atoms with Crippen molar-refractivity contribution in [2.75, 3.05) is 33.2 Å². The van der Waals surface area contributed by atoms with Gasteiger partial charge in [0.15, 0.2) is 11.5 Å². The Kier molecular flexibility index (Phi) is 5.40. The van der Waals surface area contributed by atoms with Gasteiger partial charge in [0.05, 0.1) is 39.0 Å². The smallest absolute Gasteiger partial charge is 0.261 e. The van der Waals surface area contributed by atoms with E-state index in [9.17, 15) is 8.42 Å². The van der Waals surface area contributed by atoms with E-state index in [0.717, 1.165) is 0 Å². The summed E-state index contributed by atoms with van der Waals surface area (Å²) in [5.41, 5.74) is 0.292. The Balaban J connectivity index is 2.38. The van der Waals surface area contributed by atoms with Crippen LogP contribution < -0.4 is 23.7 Å². The SMILES string of the molecule is COc1ccc(S(=O)(=O)Nc2cc(OC)c(OC)c(OC)c2)cc1. The number of hydrogen-bond donors (Lipinski definition) is 1. The Bertz CT molecular complexity index is 777. The molecule has 24 heavy (non-hydrogen) atoms. The second-order valence-electron chi connectivity index (χ2n) is 4.70. The molecular formula is C16H19NO6S. The Hall–Kier alpha value is -2.61. The molecule has 0 fully saturated rings. The number of ether oxygens (including phenoxy) is 4. The van der Waals surface area contributed by atoms with Crippen LogP contribution in [0.5, 0.6) is 23.0 Å². The van der Waals surface area contributed by atoms with Gasteiger partial charge >= 0.3 is 0 Å². The molecule has 2 rings (SSSR count). The highest BCUT2D eigenvalue weighted by molar-refractivity contribution is 7.92. The Labute approximate surface area is 141 Å². The summed E-state index contributed by atoms with van der Waals surface area (Å²) in [5, 5.41) is 0. The second kappa shape index (κ2) is 7.31. The number of sulfonamides is 1. The van der Waals surface area contributed by atoms with Crippen molar-refractivity contribution in [2.24, 2.45) is 0 Å². The lowest BCUT2D eigenvalue weighted by Crippen LogP contribution is -2.13. The monoisotopic (exact) mass is 353 g/mol. The number of rotatable bonds is 7. The zero-order chi connectivity index (χ0) is 17.7. The van der Waals surface area contributed by atoms with Crippen LogP contribution in [-0.4, -0.2) is 36.9 Å². The van der Waals surface area contributed by atoms with Crippen molar-refractivity contribution >= 4 is 15.7 Å². The summed E-state index contributed by atoms with van der Waals surface area (Å²) in [5.74, 6) is 1.66. The van der Waals surface area contributed by atoms with Crippen LogP contribution in [0.15, 0.2) is 41.3 Å². The fourth-order valence-corrected chi connectivity index (χ4v) is 3.15. The van der Waals surface area contributed by atoms with Crippen molar-refractivity contribution in [3.8, 4) is 23.0 Å². The van der Waals surface area contributed by atoms with E-state index >= 15 is 0 Å². The molecule has 0 bridgehead atoms. The molecule has 0 spiro atoms. The fraction of sp³-hybridized carbons (Fsp3) is 0.250. The van der Waals surface area contributed by atoms with Crippen LogP contribution >= 0.6 is 0 Å². The maximum Gasteiger partial charge on any atom is 0.261 e. The molecule has 0 aliphatic rings. The second-order valence-corrected chi connectivity index (χ2v) is 6.38. The predicted octanol–water partition coefficient (Wildman–Crippen LogP) is 2.52. The number of benzene rings is 2. The third-order valence-corrected chi connectivity index (χ3v) is 4.68. The first kappa shape index (κ1) is 17.7. The first-order valence-corrected chi connectivity index (χ1v) is 8.40. The van der Waals surface area contributed by atoms with Gasteiger partial charge in [-0.2, -0.15) is 0 Å². The summed E-state index contributed by atoms with van der Waals surface area (Å²) >= 11 is 0. The molecule has 0 unspecified atom stereocenters. The van der Waals surface area contributed by atoms with Gasteiger partial charge in [-0.1, -0.05) is 0 Å². The van der Waals surface area contributed by atoms with Gasteiger partial charge in [0.2, 0.25) is 5.75 Å². The van der Waals surface area contributed by atoms with Crippen LogP contribution in [0, 0.1) is 0 Å². The van der Waals surface area contributed by atoms with Gasteiger partial charge in [-0.05, 0) is 24.3 Å². The summed E-state index contributed by atoms with van der Waals surface area (Å²) in [6.07, 6.45) is 0. The molecule has 2 aromatic carbocycles. The van der Waals surface area contributed by atoms with Crippen LogP contribution in [0.1, 0.15) is 0 Å². The predicted molar refractivity (Wildman–Crippen MR) is 89.9 cm³/mol. The van der Waals surface area contributed by atoms with E-state index in [4.69, 9.17) is 18.9 Å². The van der Waals surface area contributed by atoms with Crippen molar-refractivity contribution in [1.29, 1.82) is 0 Å². The molecule has 0 heterocycles. The summed E-state index contributed by atoms with van der Waals surface area (Å²) in [7, 11) is 2.13. The molecule has 0 aliphatic heterocycles. The van der Waals surface area contributed by atoms with E-state index in [1.165, 1.54) is 52.7 Å². The Morgan fingerprint density at radius 1 is 0.792 bits per heavy atom. The molecule has 1 N–H and O–H groups in total. The molecule has 0 amide bonds. The molecule has 0 atom stereocenters. The molecule has 2 aromatic rings. The fourth-order valence-electron chi connectivity index (χ4n) is 2.11. The normalized spacial score (nSPS) is 10.8. The molecule has 0 radical (unpaired) electrons. The van der Waals surface area contributed by atoms with Gasteiger partial charge < -0.3 is 18.9 Å². The Morgan fingerprint density at radius 2 is 1.33 bits per heavy atom. The first-order valence-electron chi connectivity index (χ1n) is 6.92. The zero-order valence-corrected chi connectivity index (χ0v) is 14.6. The van der Waals surface area contributed by atoms with Gasteiger partial charge in [0.25, 0.3) is 10.0 Å². The molecule has 0 aliphatic carbocycles. The van der Waals surface area contributed by atoms with Gasteiger partial charge in [-0.25, -0.2) is 8.42 Å². The quantitative estimate of drug-likeness (QED) is 0.823. The number of anilines is 1. The lowest BCUT2D eigenvalue weighted by atomic mass is 10.2. The molecule has 130 valence electrons. The molecule has 0 saturated carbocycles. The van der Waals surface area contributed by atoms with E-state index in [-0.39, 0.29) is 4.90 Å². The average molecular weight is 353 g/mol. The lowest BCUT2D eigenvalue weighted by molar-refractivity contribution is 0.325. The summed E-state index contributed by atoms with van der Waals surface area (Å²) in [6, 6.07) is 9.09. The highest BCUT2D eigenvalue weighted by Crippen LogP contribution is 2.40. The highest BCUT2D eigenvalue weighted by atomic mass is 32.2. The molecular weight excluding hydrogens is 334 g/mol. The van der Waals surface area contributed by atoms with Crippen molar-refractivity contribution in [3.05, 3.63) is 36.4 Å². The maximum absolute atomic E-state index is 12.5. The van der Waals surface area contributed by atoms with Gasteiger partial charge in [0.1, 0.15) is 5.75 Å². The Morgan fingerprint density at radius 3 is 1.75 bits per heavy atom. The van der Waals surface area contributed by atoms with Crippen molar-refractivity contribution in [1.82, 2.24) is 0 Å². The topological polar surface area (TPSA) is 83.1 Å². The molecule has 8 heteroatoms. The molecule has 0 aromatic heterocycles. The van der Waals surface area contributed by atoms with E-state index < -0.39 is 10.0 Å². The van der Waals surface area contributed by atoms with Crippen molar-refractivity contribution in [2.45, 2.75) is 4.90 Å². The molecule has 0 saturated heterocycles. The third kappa shape index (κ3) is 3.65. The number of hydrogen-bond acceptors (Lipinski definition) is 6. The van der Waals surface area contributed by atoms with Crippen LogP contribution in [0.2, 0.25) is 0 Å². The lowest BCUT2D eigenvalue weighted by Gasteiger charge is -2.15. The average Bonchev–Trinajstić information content (AvgIpc) is 2.60. The van der Waals surface area contributed by atoms with E-state index in [1.54, 1.807) is 12.1 Å². The van der Waals surface area contributed by atoms with Gasteiger partial charge in [-0.3, -0.25) is 4.72 Å². The third-order valence-electron chi connectivity index (χ3n) is 3.29.